The first kappa shape index (κ1) is 10.8. The van der Waals surface area contributed by atoms with Crippen molar-refractivity contribution in [2.24, 2.45) is 0 Å². The first-order valence-corrected chi connectivity index (χ1v) is 7.79. The third-order valence-electron chi connectivity index (χ3n) is 4.02. The van der Waals surface area contributed by atoms with Crippen molar-refractivity contribution in [2.75, 3.05) is 11.9 Å². The van der Waals surface area contributed by atoms with E-state index in [-0.39, 0.29) is 0 Å². The maximum absolute atomic E-state index is 4.71. The van der Waals surface area contributed by atoms with E-state index >= 15 is 0 Å². The lowest BCUT2D eigenvalue weighted by Gasteiger charge is -2.01. The first-order chi connectivity index (χ1) is 9.88. The van der Waals surface area contributed by atoms with Crippen LogP contribution in [0.25, 0.3) is 15.5 Å². The molecule has 5 nitrogen and oxygen atoms in total. The molecule has 5 rings (SSSR count). The zero-order valence-corrected chi connectivity index (χ0v) is 11.7. The topological polar surface area (TPSA) is 55.1 Å². The molecule has 0 unspecified atom stereocenters. The van der Waals surface area contributed by atoms with Gasteiger partial charge in [0.25, 0.3) is 0 Å². The molecule has 2 aliphatic rings. The van der Waals surface area contributed by atoms with Gasteiger partial charge in [0.1, 0.15) is 5.01 Å². The van der Waals surface area contributed by atoms with E-state index in [1.165, 1.54) is 24.1 Å². The summed E-state index contributed by atoms with van der Waals surface area (Å²) in [6.45, 7) is 1.04. The second-order valence-corrected chi connectivity index (χ2v) is 6.44. The van der Waals surface area contributed by atoms with E-state index in [1.807, 2.05) is 4.52 Å². The molecule has 100 valence electrons. The van der Waals surface area contributed by atoms with Gasteiger partial charge in [-0.15, -0.1) is 10.2 Å². The van der Waals surface area contributed by atoms with Gasteiger partial charge < -0.3 is 5.32 Å². The fourth-order valence-electron chi connectivity index (χ4n) is 2.77. The summed E-state index contributed by atoms with van der Waals surface area (Å²) in [5.41, 5.74) is 3.81. The summed E-state index contributed by atoms with van der Waals surface area (Å²) in [5, 5.41) is 17.7. The molecule has 3 aromatic rings. The fraction of sp³-hybridized carbons (Fsp3) is 0.357. The second kappa shape index (κ2) is 3.79. The highest BCUT2D eigenvalue weighted by Gasteiger charge is 2.30. The molecule has 0 saturated heterocycles. The number of rotatable bonds is 2. The van der Waals surface area contributed by atoms with Crippen molar-refractivity contribution in [1.29, 1.82) is 0 Å². The molecule has 20 heavy (non-hydrogen) atoms. The Morgan fingerprint density at radius 1 is 1.25 bits per heavy atom. The molecule has 0 atom stereocenters. The molecule has 1 aromatic carbocycles. The average molecular weight is 283 g/mol. The van der Waals surface area contributed by atoms with Crippen molar-refractivity contribution in [1.82, 2.24) is 19.8 Å². The van der Waals surface area contributed by atoms with E-state index in [9.17, 15) is 0 Å². The van der Waals surface area contributed by atoms with Crippen LogP contribution >= 0.6 is 11.3 Å². The van der Waals surface area contributed by atoms with Crippen molar-refractivity contribution in [2.45, 2.75) is 25.2 Å². The number of anilines is 1. The van der Waals surface area contributed by atoms with Gasteiger partial charge in [0.05, 0.1) is 0 Å². The van der Waals surface area contributed by atoms with Crippen LogP contribution in [0.4, 0.5) is 5.69 Å². The molecular weight excluding hydrogens is 270 g/mol. The van der Waals surface area contributed by atoms with Crippen LogP contribution < -0.4 is 5.32 Å². The van der Waals surface area contributed by atoms with Crippen LogP contribution in [0.3, 0.4) is 0 Å². The Kier molecular flexibility index (Phi) is 2.04. The van der Waals surface area contributed by atoms with E-state index in [0.29, 0.717) is 5.92 Å². The summed E-state index contributed by atoms with van der Waals surface area (Å²) in [6, 6.07) is 6.56. The monoisotopic (exact) mass is 283 g/mol. The maximum atomic E-state index is 4.71. The smallest absolute Gasteiger partial charge is 0.234 e. The zero-order chi connectivity index (χ0) is 13.1. The minimum Gasteiger partial charge on any atom is -0.384 e. The van der Waals surface area contributed by atoms with Crippen LogP contribution in [0.2, 0.25) is 0 Å². The lowest BCUT2D eigenvalue weighted by molar-refractivity contribution is 0.828. The molecule has 1 aliphatic carbocycles. The Bertz CT molecular complexity index is 814. The molecule has 1 saturated carbocycles. The van der Waals surface area contributed by atoms with Gasteiger partial charge in [-0.3, -0.25) is 0 Å². The molecule has 1 fully saturated rings. The maximum Gasteiger partial charge on any atom is 0.234 e. The average Bonchev–Trinajstić information content (AvgIpc) is 2.89. The van der Waals surface area contributed by atoms with Crippen LogP contribution in [-0.2, 0) is 6.42 Å². The number of benzene rings is 1. The van der Waals surface area contributed by atoms with Crippen molar-refractivity contribution in [3.63, 3.8) is 0 Å². The SMILES string of the molecule is c1cc2c(cc1-c1nn3c(C4CC4)nnc3s1)NCC2. The van der Waals surface area contributed by atoms with E-state index in [1.54, 1.807) is 11.3 Å². The summed E-state index contributed by atoms with van der Waals surface area (Å²) in [6.07, 6.45) is 3.55. The Balaban J connectivity index is 1.63. The highest BCUT2D eigenvalue weighted by Crippen LogP contribution is 2.40. The zero-order valence-electron chi connectivity index (χ0n) is 10.8. The van der Waals surface area contributed by atoms with Crippen molar-refractivity contribution in [3.8, 4) is 10.6 Å². The molecule has 6 heteroatoms. The van der Waals surface area contributed by atoms with Gasteiger partial charge >= 0.3 is 0 Å². The normalized spacial score (nSPS) is 17.4. The van der Waals surface area contributed by atoms with Gasteiger partial charge in [0.2, 0.25) is 4.96 Å². The minimum atomic E-state index is 0.571. The molecular formula is C14H13N5S. The van der Waals surface area contributed by atoms with Crippen LogP contribution in [0.1, 0.15) is 30.1 Å². The Morgan fingerprint density at radius 3 is 3.10 bits per heavy atom. The number of fused-ring (bicyclic) bond motifs is 2. The summed E-state index contributed by atoms with van der Waals surface area (Å²) in [7, 11) is 0. The lowest BCUT2D eigenvalue weighted by atomic mass is 10.1. The van der Waals surface area contributed by atoms with Gasteiger partial charge in [0.15, 0.2) is 5.82 Å². The van der Waals surface area contributed by atoms with Crippen LogP contribution in [-0.4, -0.2) is 26.4 Å². The van der Waals surface area contributed by atoms with Crippen LogP contribution in [0.15, 0.2) is 18.2 Å². The van der Waals surface area contributed by atoms with Crippen LogP contribution in [0, 0.1) is 0 Å². The summed E-state index contributed by atoms with van der Waals surface area (Å²) in [5.74, 6) is 1.60. The number of aromatic nitrogens is 4. The van der Waals surface area contributed by atoms with Gasteiger partial charge in [-0.1, -0.05) is 23.5 Å². The molecule has 0 amide bonds. The third-order valence-corrected chi connectivity index (χ3v) is 4.97. The third kappa shape index (κ3) is 1.51. The van der Waals surface area contributed by atoms with E-state index in [4.69, 9.17) is 5.10 Å². The summed E-state index contributed by atoms with van der Waals surface area (Å²) in [4.78, 5) is 0.898. The molecule has 1 N–H and O–H groups in total. The molecule has 1 aliphatic heterocycles. The summed E-state index contributed by atoms with van der Waals surface area (Å²) >= 11 is 1.61. The summed E-state index contributed by atoms with van der Waals surface area (Å²) < 4.78 is 1.93. The quantitative estimate of drug-likeness (QED) is 0.785. The molecule has 0 spiro atoms. The first-order valence-electron chi connectivity index (χ1n) is 6.98. The van der Waals surface area contributed by atoms with Crippen LogP contribution in [0.5, 0.6) is 0 Å². The Morgan fingerprint density at radius 2 is 2.20 bits per heavy atom. The second-order valence-electron chi connectivity index (χ2n) is 5.48. The predicted molar refractivity (Wildman–Crippen MR) is 78.3 cm³/mol. The Hall–Kier alpha value is -1.95. The molecule has 2 aromatic heterocycles. The van der Waals surface area contributed by atoms with Gasteiger partial charge in [-0.05, 0) is 30.9 Å². The molecule has 3 heterocycles. The van der Waals surface area contributed by atoms with E-state index in [2.05, 4.69) is 33.7 Å². The van der Waals surface area contributed by atoms with E-state index < -0.39 is 0 Å². The Labute approximate surface area is 119 Å². The molecule has 0 radical (unpaired) electrons. The minimum absolute atomic E-state index is 0.571. The standard InChI is InChI=1S/C14H13N5S/c1-4-10(7-11-8(1)5-6-15-11)13-18-19-12(9-2-3-9)16-17-14(19)20-13/h1,4,7,9,15H,2-3,5-6H2. The van der Waals surface area contributed by atoms with Gasteiger partial charge in [-0.2, -0.15) is 9.61 Å². The van der Waals surface area contributed by atoms with Crippen molar-refractivity contribution in [3.05, 3.63) is 29.6 Å². The highest BCUT2D eigenvalue weighted by molar-refractivity contribution is 7.19. The highest BCUT2D eigenvalue weighted by atomic mass is 32.1. The van der Waals surface area contributed by atoms with Crippen molar-refractivity contribution < 1.29 is 0 Å². The number of hydrogen-bond acceptors (Lipinski definition) is 5. The van der Waals surface area contributed by atoms with E-state index in [0.717, 1.165) is 34.3 Å². The largest absolute Gasteiger partial charge is 0.384 e. The lowest BCUT2D eigenvalue weighted by Crippen LogP contribution is -1.93. The number of hydrogen-bond donors (Lipinski definition) is 1. The molecule has 0 bridgehead atoms. The van der Waals surface area contributed by atoms with Crippen molar-refractivity contribution >= 4 is 22.0 Å². The predicted octanol–water partition coefficient (Wildman–Crippen LogP) is 2.70. The number of nitrogens with zero attached hydrogens (tertiary/aromatic N) is 4. The van der Waals surface area contributed by atoms with Gasteiger partial charge in [-0.25, -0.2) is 0 Å². The van der Waals surface area contributed by atoms with Gasteiger partial charge in [0, 0.05) is 23.7 Å². The fourth-order valence-corrected chi connectivity index (χ4v) is 3.61. The number of nitrogens with one attached hydrogen (secondary N) is 1.